The first-order chi connectivity index (χ1) is 37.6. The van der Waals surface area contributed by atoms with Crippen LogP contribution in [0.25, 0.3) is 0 Å². The molecule has 0 aromatic heterocycles. The molecule has 0 aromatic carbocycles. The second-order valence-corrected chi connectivity index (χ2v) is 21.5. The number of aliphatic hydroxyl groups is 8. The molecule has 2 saturated heterocycles. The molecule has 0 aliphatic carbocycles. The number of unbranched alkanes of at least 4 members (excludes halogenated alkanes) is 23. The number of carbonyl (C=O) groups is 1. The summed E-state index contributed by atoms with van der Waals surface area (Å²) in [5.41, 5.74) is 0. The van der Waals surface area contributed by atoms with E-state index in [1.807, 2.05) is 0 Å². The Bertz CT molecular complexity index is 1570. The standard InChI is InChI=1S/C63H111NO13/c1-3-5-7-9-11-13-15-17-19-21-23-25-26-27-29-31-33-35-37-39-41-43-45-47-55(68)64-51(52(67)46-44-42-40-38-36-34-32-30-28-24-22-20-18-16-14-12-10-8-6-4-2)50-74-62-60(73)58(71)61(54(49-66)76-62)77-63-59(72)57(70)56(69)53(48-65)75-63/h5,7,11,13,17,19,23,25,27,29,33,35,51-54,56-63,65-67,69-73H,3-4,6,8-10,12,14-16,18,20-22,24,26,28,30-32,34,36-50H2,1-2H3,(H,64,68)/b7-5-,13-11-,19-17-,25-23-,29-27-,35-33-. The Morgan fingerprint density at radius 2 is 0.896 bits per heavy atom. The number of amides is 1. The Labute approximate surface area is 466 Å². The molecule has 2 aliphatic rings. The fraction of sp³-hybridized carbons (Fsp3) is 0.794. The van der Waals surface area contributed by atoms with Gasteiger partial charge in [-0.25, -0.2) is 0 Å². The monoisotopic (exact) mass is 1090 g/mol. The van der Waals surface area contributed by atoms with E-state index in [9.17, 15) is 45.6 Å². The molecule has 0 bridgehead atoms. The van der Waals surface area contributed by atoms with E-state index in [0.717, 1.165) is 89.9 Å². The fourth-order valence-electron chi connectivity index (χ4n) is 9.77. The van der Waals surface area contributed by atoms with Crippen LogP contribution in [0.15, 0.2) is 72.9 Å². The number of hydrogen-bond acceptors (Lipinski definition) is 13. The van der Waals surface area contributed by atoms with Crippen LogP contribution in [0.2, 0.25) is 0 Å². The molecule has 0 spiro atoms. The lowest BCUT2D eigenvalue weighted by Crippen LogP contribution is -2.65. The van der Waals surface area contributed by atoms with E-state index in [0.29, 0.717) is 12.8 Å². The van der Waals surface area contributed by atoms with Crippen LogP contribution in [0.3, 0.4) is 0 Å². The smallest absolute Gasteiger partial charge is 0.220 e. The highest BCUT2D eigenvalue weighted by atomic mass is 16.7. The maximum absolute atomic E-state index is 13.3. The average molecular weight is 1090 g/mol. The number of hydrogen-bond donors (Lipinski definition) is 9. The highest BCUT2D eigenvalue weighted by Gasteiger charge is 2.51. The third-order valence-corrected chi connectivity index (χ3v) is 14.7. The Hall–Kier alpha value is -2.57. The average Bonchev–Trinajstić information content (AvgIpc) is 3.44. The van der Waals surface area contributed by atoms with E-state index in [1.54, 1.807) is 0 Å². The summed E-state index contributed by atoms with van der Waals surface area (Å²) in [5, 5.41) is 87.3. The molecule has 12 atom stereocenters. The van der Waals surface area contributed by atoms with Gasteiger partial charge in [-0.2, -0.15) is 0 Å². The highest BCUT2D eigenvalue weighted by molar-refractivity contribution is 5.76. The van der Waals surface area contributed by atoms with E-state index < -0.39 is 86.8 Å². The Morgan fingerprint density at radius 3 is 1.38 bits per heavy atom. The van der Waals surface area contributed by atoms with Gasteiger partial charge in [0.2, 0.25) is 5.91 Å². The molecule has 14 heteroatoms. The first-order valence-corrected chi connectivity index (χ1v) is 30.7. The van der Waals surface area contributed by atoms with Crippen molar-refractivity contribution in [2.45, 2.75) is 299 Å². The summed E-state index contributed by atoms with van der Waals surface area (Å²) < 4.78 is 22.8. The summed E-state index contributed by atoms with van der Waals surface area (Å²) in [6, 6.07) is -0.848. The quantitative estimate of drug-likeness (QED) is 0.0204. The van der Waals surface area contributed by atoms with Gasteiger partial charge in [0, 0.05) is 6.42 Å². The molecular weight excluding hydrogens is 979 g/mol. The molecule has 0 saturated carbocycles. The van der Waals surface area contributed by atoms with E-state index >= 15 is 0 Å². The molecule has 77 heavy (non-hydrogen) atoms. The van der Waals surface area contributed by atoms with E-state index in [4.69, 9.17) is 18.9 Å². The van der Waals surface area contributed by atoms with Gasteiger partial charge in [0.05, 0.1) is 32.0 Å². The number of nitrogens with one attached hydrogen (secondary N) is 1. The molecule has 14 nitrogen and oxygen atoms in total. The molecule has 2 heterocycles. The van der Waals surface area contributed by atoms with Crippen molar-refractivity contribution in [3.63, 3.8) is 0 Å². The zero-order valence-electron chi connectivity index (χ0n) is 47.9. The van der Waals surface area contributed by atoms with Gasteiger partial charge in [0.15, 0.2) is 12.6 Å². The molecule has 2 rings (SSSR count). The van der Waals surface area contributed by atoms with Crippen molar-refractivity contribution in [3.05, 3.63) is 72.9 Å². The van der Waals surface area contributed by atoms with Gasteiger partial charge < -0.3 is 65.1 Å². The fourth-order valence-corrected chi connectivity index (χ4v) is 9.77. The minimum Gasteiger partial charge on any atom is -0.394 e. The van der Waals surface area contributed by atoms with Crippen LogP contribution in [-0.4, -0.2) is 140 Å². The van der Waals surface area contributed by atoms with Crippen molar-refractivity contribution in [2.75, 3.05) is 19.8 Å². The molecule has 0 aromatic rings. The van der Waals surface area contributed by atoms with Crippen LogP contribution in [0.5, 0.6) is 0 Å². The van der Waals surface area contributed by atoms with Crippen LogP contribution in [-0.2, 0) is 23.7 Å². The van der Waals surface area contributed by atoms with Gasteiger partial charge in [-0.05, 0) is 64.2 Å². The van der Waals surface area contributed by atoms with Crippen LogP contribution >= 0.6 is 0 Å². The maximum atomic E-state index is 13.3. The molecule has 9 N–H and O–H groups in total. The normalized spacial score (nSPS) is 25.2. The number of aliphatic hydroxyl groups excluding tert-OH is 8. The summed E-state index contributed by atoms with van der Waals surface area (Å²) >= 11 is 0. The predicted molar refractivity (Wildman–Crippen MR) is 309 cm³/mol. The van der Waals surface area contributed by atoms with Gasteiger partial charge in [-0.15, -0.1) is 0 Å². The van der Waals surface area contributed by atoms with Crippen molar-refractivity contribution in [1.82, 2.24) is 5.32 Å². The van der Waals surface area contributed by atoms with Crippen LogP contribution in [0.4, 0.5) is 0 Å². The number of carbonyl (C=O) groups excluding carboxylic acids is 1. The first kappa shape index (κ1) is 70.5. The molecule has 1 amide bonds. The van der Waals surface area contributed by atoms with Crippen LogP contribution in [0.1, 0.15) is 226 Å². The SMILES string of the molecule is CC/C=C\C/C=C\C/C=C\C/C=C\C/C=C\C/C=C\CCCCCCC(=O)NC(COC1OC(CO)C(OC2OC(CO)C(O)C(O)C2O)C(O)C1O)C(O)CCCCCCCCCCCCCCCCCCCCCC. The lowest BCUT2D eigenvalue weighted by atomic mass is 9.97. The summed E-state index contributed by atoms with van der Waals surface area (Å²) in [6.07, 6.45) is 46.0. The topological polar surface area (TPSA) is 228 Å². The number of rotatable bonds is 48. The molecule has 2 fully saturated rings. The van der Waals surface area contributed by atoms with Gasteiger partial charge >= 0.3 is 0 Å². The summed E-state index contributed by atoms with van der Waals surface area (Å²) in [7, 11) is 0. The first-order valence-electron chi connectivity index (χ1n) is 30.7. The van der Waals surface area contributed by atoms with E-state index in [-0.39, 0.29) is 18.9 Å². The Balaban J connectivity index is 1.77. The maximum Gasteiger partial charge on any atom is 0.220 e. The van der Waals surface area contributed by atoms with Gasteiger partial charge in [-0.1, -0.05) is 228 Å². The van der Waals surface area contributed by atoms with E-state index in [1.165, 1.54) is 103 Å². The Kier molecular flexibility index (Phi) is 44.1. The van der Waals surface area contributed by atoms with Crippen LogP contribution in [0, 0.1) is 0 Å². The van der Waals surface area contributed by atoms with Crippen molar-refractivity contribution in [1.29, 1.82) is 0 Å². The molecule has 0 radical (unpaired) electrons. The lowest BCUT2D eigenvalue weighted by molar-refractivity contribution is -0.359. The number of allylic oxidation sites excluding steroid dienone is 12. The van der Waals surface area contributed by atoms with Crippen LogP contribution < -0.4 is 5.32 Å². The van der Waals surface area contributed by atoms with Crippen molar-refractivity contribution in [3.8, 4) is 0 Å². The Morgan fingerprint density at radius 1 is 0.481 bits per heavy atom. The van der Waals surface area contributed by atoms with Gasteiger partial charge in [0.25, 0.3) is 0 Å². The van der Waals surface area contributed by atoms with Gasteiger partial charge in [0.1, 0.15) is 48.8 Å². The molecular formula is C63H111NO13. The lowest BCUT2D eigenvalue weighted by Gasteiger charge is -2.46. The van der Waals surface area contributed by atoms with Gasteiger partial charge in [-0.3, -0.25) is 4.79 Å². The largest absolute Gasteiger partial charge is 0.394 e. The van der Waals surface area contributed by atoms with Crippen molar-refractivity contribution >= 4 is 5.91 Å². The predicted octanol–water partition coefficient (Wildman–Crippen LogP) is 10.7. The van der Waals surface area contributed by atoms with Crippen molar-refractivity contribution < 1.29 is 64.6 Å². The van der Waals surface area contributed by atoms with Crippen molar-refractivity contribution in [2.24, 2.45) is 0 Å². The molecule has 446 valence electrons. The molecule has 12 unspecified atom stereocenters. The summed E-state index contributed by atoms with van der Waals surface area (Å²) in [5.74, 6) is -0.232. The zero-order chi connectivity index (χ0) is 56.0. The minimum atomic E-state index is -1.79. The zero-order valence-corrected chi connectivity index (χ0v) is 47.9. The molecule has 2 aliphatic heterocycles. The third kappa shape index (κ3) is 33.7. The highest BCUT2D eigenvalue weighted by Crippen LogP contribution is 2.30. The summed E-state index contributed by atoms with van der Waals surface area (Å²) in [4.78, 5) is 13.3. The number of ether oxygens (including phenoxy) is 4. The summed E-state index contributed by atoms with van der Waals surface area (Å²) in [6.45, 7) is 2.74. The second kappa shape index (κ2) is 48.2. The second-order valence-electron chi connectivity index (χ2n) is 21.5. The third-order valence-electron chi connectivity index (χ3n) is 14.7. The van der Waals surface area contributed by atoms with E-state index in [2.05, 4.69) is 92.1 Å². The minimum absolute atomic E-state index is 0.232.